The summed E-state index contributed by atoms with van der Waals surface area (Å²) in [6, 6.07) is 5.87. The van der Waals surface area contributed by atoms with Crippen molar-refractivity contribution in [1.82, 2.24) is 9.88 Å². The number of hydrogen-bond donors (Lipinski definition) is 0. The highest BCUT2D eigenvalue weighted by Gasteiger charge is 2.28. The molecule has 1 aromatic rings. The van der Waals surface area contributed by atoms with Crippen molar-refractivity contribution in [2.75, 3.05) is 6.54 Å². The number of rotatable bonds is 4. The summed E-state index contributed by atoms with van der Waals surface area (Å²) in [5.41, 5.74) is 1.90. The van der Waals surface area contributed by atoms with E-state index in [9.17, 15) is 4.79 Å². The predicted octanol–water partition coefficient (Wildman–Crippen LogP) is 2.91. The van der Waals surface area contributed by atoms with Crippen molar-refractivity contribution in [2.45, 2.75) is 38.6 Å². The minimum Gasteiger partial charge on any atom is -0.336 e. The van der Waals surface area contributed by atoms with Gasteiger partial charge in [-0.05, 0) is 39.8 Å². The largest absolute Gasteiger partial charge is 0.336 e. The number of hydrogen-bond acceptors (Lipinski definition) is 2. The van der Waals surface area contributed by atoms with Gasteiger partial charge in [-0.3, -0.25) is 9.78 Å². The molecule has 1 amide bonds. The van der Waals surface area contributed by atoms with Gasteiger partial charge in [0.05, 0.1) is 16.6 Å². The molecule has 94 valence electrons. The Hall–Kier alpha value is -0.900. The lowest BCUT2D eigenvalue weighted by atomic mass is 10.1. The van der Waals surface area contributed by atoms with E-state index in [-0.39, 0.29) is 5.91 Å². The van der Waals surface area contributed by atoms with E-state index in [1.54, 1.807) is 4.90 Å². The quantitative estimate of drug-likeness (QED) is 0.801. The van der Waals surface area contributed by atoms with Gasteiger partial charge in [0.1, 0.15) is 0 Å². The fourth-order valence-corrected chi connectivity index (χ4v) is 1.84. The van der Waals surface area contributed by atoms with Crippen LogP contribution >= 0.6 is 15.9 Å². The molecule has 0 unspecified atom stereocenters. The highest BCUT2D eigenvalue weighted by Crippen LogP contribution is 2.20. The fraction of sp³-hybridized carbons (Fsp3) is 0.538. The molecule has 0 saturated heterocycles. The van der Waals surface area contributed by atoms with Gasteiger partial charge in [0.2, 0.25) is 5.91 Å². The normalized spacial score (nSPS) is 11.4. The SMILES string of the molecule is CCN(Cc1cccc(C)n1)C(=O)C(C)(C)Br. The maximum absolute atomic E-state index is 12.1. The Labute approximate surface area is 111 Å². The summed E-state index contributed by atoms with van der Waals surface area (Å²) >= 11 is 3.40. The van der Waals surface area contributed by atoms with Crippen LogP contribution in [0.15, 0.2) is 18.2 Å². The van der Waals surface area contributed by atoms with E-state index in [4.69, 9.17) is 0 Å². The average Bonchev–Trinajstić information content (AvgIpc) is 2.24. The average molecular weight is 299 g/mol. The van der Waals surface area contributed by atoms with Crippen LogP contribution in [0.1, 0.15) is 32.2 Å². The zero-order valence-electron chi connectivity index (χ0n) is 10.8. The van der Waals surface area contributed by atoms with Crippen molar-refractivity contribution < 1.29 is 4.79 Å². The van der Waals surface area contributed by atoms with Crippen LogP contribution in [-0.2, 0) is 11.3 Å². The van der Waals surface area contributed by atoms with Gasteiger partial charge in [0, 0.05) is 12.2 Å². The molecule has 0 spiro atoms. The molecule has 1 aromatic heterocycles. The number of aryl methyl sites for hydroxylation is 1. The Balaban J connectivity index is 2.81. The standard InChI is InChI=1S/C13H19BrN2O/c1-5-16(12(17)13(3,4)14)9-11-8-6-7-10(2)15-11/h6-8H,5,9H2,1-4H3. The van der Waals surface area contributed by atoms with E-state index in [0.29, 0.717) is 13.1 Å². The number of carbonyl (C=O) groups excluding carboxylic acids is 1. The first kappa shape index (κ1) is 14.2. The van der Waals surface area contributed by atoms with E-state index in [0.717, 1.165) is 11.4 Å². The Morgan fingerprint density at radius 2 is 2.12 bits per heavy atom. The van der Waals surface area contributed by atoms with Crippen LogP contribution in [0, 0.1) is 6.92 Å². The molecule has 0 fully saturated rings. The van der Waals surface area contributed by atoms with Crippen molar-refractivity contribution >= 4 is 21.8 Å². The van der Waals surface area contributed by atoms with Gasteiger partial charge >= 0.3 is 0 Å². The fourth-order valence-electron chi connectivity index (χ4n) is 1.59. The van der Waals surface area contributed by atoms with Gasteiger partial charge in [-0.2, -0.15) is 0 Å². The molecule has 0 bridgehead atoms. The van der Waals surface area contributed by atoms with Gasteiger partial charge in [-0.25, -0.2) is 0 Å². The Morgan fingerprint density at radius 1 is 1.47 bits per heavy atom. The van der Waals surface area contributed by atoms with Crippen LogP contribution in [-0.4, -0.2) is 26.7 Å². The van der Waals surface area contributed by atoms with Crippen LogP contribution in [0.3, 0.4) is 0 Å². The second-order valence-electron chi connectivity index (χ2n) is 4.56. The first-order valence-corrected chi connectivity index (χ1v) is 6.54. The summed E-state index contributed by atoms with van der Waals surface area (Å²) in [5.74, 6) is 0.0864. The van der Waals surface area contributed by atoms with E-state index < -0.39 is 4.32 Å². The van der Waals surface area contributed by atoms with Crippen molar-refractivity contribution in [2.24, 2.45) is 0 Å². The topological polar surface area (TPSA) is 33.2 Å². The number of halogens is 1. The van der Waals surface area contributed by atoms with Gasteiger partial charge in [-0.1, -0.05) is 22.0 Å². The van der Waals surface area contributed by atoms with Crippen molar-refractivity contribution in [3.05, 3.63) is 29.6 Å². The lowest BCUT2D eigenvalue weighted by Crippen LogP contribution is -2.41. The van der Waals surface area contributed by atoms with Crippen molar-refractivity contribution in [1.29, 1.82) is 0 Å². The van der Waals surface area contributed by atoms with E-state index in [2.05, 4.69) is 20.9 Å². The molecule has 0 atom stereocenters. The molecule has 0 N–H and O–H groups in total. The number of carbonyl (C=O) groups is 1. The van der Waals surface area contributed by atoms with Gasteiger partial charge in [0.25, 0.3) is 0 Å². The second kappa shape index (κ2) is 5.63. The molecule has 17 heavy (non-hydrogen) atoms. The molecule has 0 radical (unpaired) electrons. The lowest BCUT2D eigenvalue weighted by molar-refractivity contribution is -0.133. The third kappa shape index (κ3) is 4.11. The molecule has 0 aliphatic rings. The summed E-state index contributed by atoms with van der Waals surface area (Å²) in [4.78, 5) is 18.4. The molecule has 3 nitrogen and oxygen atoms in total. The molecule has 4 heteroatoms. The van der Waals surface area contributed by atoms with Crippen LogP contribution in [0.5, 0.6) is 0 Å². The predicted molar refractivity (Wildman–Crippen MR) is 73.1 cm³/mol. The number of nitrogens with zero attached hydrogens (tertiary/aromatic N) is 2. The molecule has 1 heterocycles. The Bertz CT molecular complexity index is 399. The summed E-state index contributed by atoms with van der Waals surface area (Å²) in [6.07, 6.45) is 0. The zero-order valence-corrected chi connectivity index (χ0v) is 12.4. The first-order chi connectivity index (χ1) is 7.84. The Morgan fingerprint density at radius 3 is 2.59 bits per heavy atom. The van der Waals surface area contributed by atoms with E-state index in [1.807, 2.05) is 45.9 Å². The summed E-state index contributed by atoms with van der Waals surface area (Å²) in [7, 11) is 0. The maximum atomic E-state index is 12.1. The smallest absolute Gasteiger partial charge is 0.239 e. The zero-order chi connectivity index (χ0) is 13.1. The summed E-state index contributed by atoms with van der Waals surface area (Å²) in [5, 5.41) is 0. The van der Waals surface area contributed by atoms with Crippen LogP contribution in [0.25, 0.3) is 0 Å². The van der Waals surface area contributed by atoms with Gasteiger partial charge < -0.3 is 4.90 Å². The van der Waals surface area contributed by atoms with Crippen LogP contribution < -0.4 is 0 Å². The highest BCUT2D eigenvalue weighted by molar-refractivity contribution is 9.10. The first-order valence-electron chi connectivity index (χ1n) is 5.75. The number of alkyl halides is 1. The lowest BCUT2D eigenvalue weighted by Gasteiger charge is -2.27. The van der Waals surface area contributed by atoms with Crippen molar-refractivity contribution in [3.8, 4) is 0 Å². The molecular formula is C13H19BrN2O. The number of pyridine rings is 1. The number of amides is 1. The monoisotopic (exact) mass is 298 g/mol. The van der Waals surface area contributed by atoms with E-state index >= 15 is 0 Å². The second-order valence-corrected chi connectivity index (χ2v) is 6.54. The molecular weight excluding hydrogens is 280 g/mol. The molecule has 0 saturated carbocycles. The Kier molecular flexibility index (Phi) is 4.69. The van der Waals surface area contributed by atoms with Crippen molar-refractivity contribution in [3.63, 3.8) is 0 Å². The number of aromatic nitrogens is 1. The molecule has 0 aromatic carbocycles. The molecule has 1 rings (SSSR count). The molecule has 0 aliphatic heterocycles. The van der Waals surface area contributed by atoms with Gasteiger partial charge in [-0.15, -0.1) is 0 Å². The van der Waals surface area contributed by atoms with Crippen LogP contribution in [0.4, 0.5) is 0 Å². The summed E-state index contributed by atoms with van der Waals surface area (Å²) < 4.78 is -0.521. The van der Waals surface area contributed by atoms with Gasteiger partial charge in [0.15, 0.2) is 0 Å². The van der Waals surface area contributed by atoms with Crippen LogP contribution in [0.2, 0.25) is 0 Å². The summed E-state index contributed by atoms with van der Waals surface area (Å²) in [6.45, 7) is 8.90. The minimum atomic E-state index is -0.521. The minimum absolute atomic E-state index is 0.0864. The molecule has 0 aliphatic carbocycles. The third-order valence-electron chi connectivity index (χ3n) is 2.48. The highest BCUT2D eigenvalue weighted by atomic mass is 79.9. The van der Waals surface area contributed by atoms with E-state index in [1.165, 1.54) is 0 Å². The maximum Gasteiger partial charge on any atom is 0.239 e. The third-order valence-corrected chi connectivity index (χ3v) is 2.82.